The molecule has 3 rings (SSSR count). The molecule has 0 saturated heterocycles. The largest absolute Gasteiger partial charge is 0.271 e. The first-order valence-corrected chi connectivity index (χ1v) is 7.48. The molecule has 0 radical (unpaired) electrons. The summed E-state index contributed by atoms with van der Waals surface area (Å²) in [6.07, 6.45) is 3.12. The fourth-order valence-electron chi connectivity index (χ4n) is 3.44. The van der Waals surface area contributed by atoms with Gasteiger partial charge < -0.3 is 0 Å². The van der Waals surface area contributed by atoms with Crippen LogP contribution in [0.2, 0.25) is 0 Å². The lowest BCUT2D eigenvalue weighted by molar-refractivity contribution is 0.328. The number of hydrogen-bond acceptors (Lipinski definition) is 2. The lowest BCUT2D eigenvalue weighted by Crippen LogP contribution is -2.36. The Bertz CT molecular complexity index is 639. The van der Waals surface area contributed by atoms with Crippen molar-refractivity contribution < 1.29 is 4.39 Å². The molecule has 0 heterocycles. The Hall–Kier alpha value is -1.71. The van der Waals surface area contributed by atoms with Gasteiger partial charge in [0.05, 0.1) is 0 Å². The van der Waals surface area contributed by atoms with Gasteiger partial charge in [-0.05, 0) is 66.5 Å². The van der Waals surface area contributed by atoms with Gasteiger partial charge in [0.1, 0.15) is 5.82 Å². The molecule has 0 fully saturated rings. The van der Waals surface area contributed by atoms with Crippen molar-refractivity contribution in [1.29, 1.82) is 0 Å². The molecule has 2 nitrogen and oxygen atoms in total. The van der Waals surface area contributed by atoms with E-state index in [4.69, 9.17) is 5.84 Å². The van der Waals surface area contributed by atoms with Gasteiger partial charge in [-0.3, -0.25) is 11.3 Å². The molecule has 21 heavy (non-hydrogen) atoms. The van der Waals surface area contributed by atoms with Gasteiger partial charge in [0.2, 0.25) is 0 Å². The number of aryl methyl sites for hydroxylation is 2. The molecule has 2 aromatic rings. The maximum Gasteiger partial charge on any atom is 0.123 e. The third-order valence-electron chi connectivity index (χ3n) is 4.61. The van der Waals surface area contributed by atoms with Crippen LogP contribution >= 0.6 is 0 Å². The SMILES string of the molecule is Cc1ccc(F)cc1C(NN)C1CCc2ccccc2C1. The molecule has 2 atom stereocenters. The Labute approximate surface area is 125 Å². The van der Waals surface area contributed by atoms with Crippen LogP contribution in [0.5, 0.6) is 0 Å². The highest BCUT2D eigenvalue weighted by molar-refractivity contribution is 5.33. The smallest absolute Gasteiger partial charge is 0.123 e. The van der Waals surface area contributed by atoms with Crippen molar-refractivity contribution in [2.75, 3.05) is 0 Å². The average Bonchev–Trinajstić information content (AvgIpc) is 2.51. The van der Waals surface area contributed by atoms with Crippen molar-refractivity contribution in [2.45, 2.75) is 32.2 Å². The van der Waals surface area contributed by atoms with Crippen LogP contribution in [0, 0.1) is 18.7 Å². The zero-order valence-corrected chi connectivity index (χ0v) is 12.3. The summed E-state index contributed by atoms with van der Waals surface area (Å²) >= 11 is 0. The van der Waals surface area contributed by atoms with Crippen molar-refractivity contribution in [1.82, 2.24) is 5.43 Å². The topological polar surface area (TPSA) is 38.0 Å². The third-order valence-corrected chi connectivity index (χ3v) is 4.61. The Balaban J connectivity index is 1.90. The van der Waals surface area contributed by atoms with Gasteiger partial charge in [-0.15, -0.1) is 0 Å². The predicted molar refractivity (Wildman–Crippen MR) is 83.2 cm³/mol. The van der Waals surface area contributed by atoms with Gasteiger partial charge in [0, 0.05) is 6.04 Å². The minimum absolute atomic E-state index is 0.00550. The summed E-state index contributed by atoms with van der Waals surface area (Å²) in [7, 11) is 0. The van der Waals surface area contributed by atoms with E-state index in [1.165, 1.54) is 17.2 Å². The summed E-state index contributed by atoms with van der Waals surface area (Å²) in [5.41, 5.74) is 7.80. The summed E-state index contributed by atoms with van der Waals surface area (Å²) in [6.45, 7) is 2.01. The zero-order valence-electron chi connectivity index (χ0n) is 12.3. The molecular formula is C18H21FN2. The van der Waals surface area contributed by atoms with Crippen molar-refractivity contribution in [3.8, 4) is 0 Å². The predicted octanol–water partition coefficient (Wildman–Crippen LogP) is 3.44. The molecule has 110 valence electrons. The number of halogens is 1. The first-order chi connectivity index (χ1) is 10.2. The summed E-state index contributed by atoms with van der Waals surface area (Å²) < 4.78 is 13.6. The summed E-state index contributed by atoms with van der Waals surface area (Å²) in [5.74, 6) is 5.99. The highest BCUT2D eigenvalue weighted by Crippen LogP contribution is 2.35. The zero-order chi connectivity index (χ0) is 14.8. The highest BCUT2D eigenvalue weighted by atomic mass is 19.1. The molecule has 0 bridgehead atoms. The molecule has 3 heteroatoms. The Morgan fingerprint density at radius 3 is 2.71 bits per heavy atom. The van der Waals surface area contributed by atoms with E-state index in [9.17, 15) is 4.39 Å². The molecule has 1 aliphatic rings. The molecule has 2 aromatic carbocycles. The molecule has 0 aliphatic heterocycles. The average molecular weight is 284 g/mol. The molecule has 0 aromatic heterocycles. The first-order valence-electron chi connectivity index (χ1n) is 7.48. The minimum Gasteiger partial charge on any atom is -0.271 e. The van der Waals surface area contributed by atoms with Crippen LogP contribution in [-0.2, 0) is 12.8 Å². The van der Waals surface area contributed by atoms with E-state index in [1.54, 1.807) is 6.07 Å². The van der Waals surface area contributed by atoms with E-state index < -0.39 is 0 Å². The summed E-state index contributed by atoms with van der Waals surface area (Å²) in [6, 6.07) is 13.5. The van der Waals surface area contributed by atoms with E-state index in [2.05, 4.69) is 29.7 Å². The number of nitrogens with two attached hydrogens (primary N) is 1. The molecule has 0 saturated carbocycles. The van der Waals surface area contributed by atoms with Crippen LogP contribution in [0.1, 0.15) is 34.7 Å². The normalized spacial score (nSPS) is 19.1. The van der Waals surface area contributed by atoms with Crippen LogP contribution in [0.25, 0.3) is 0 Å². The van der Waals surface area contributed by atoms with Gasteiger partial charge >= 0.3 is 0 Å². The second-order valence-corrected chi connectivity index (χ2v) is 5.92. The van der Waals surface area contributed by atoms with Crippen molar-refractivity contribution in [3.05, 3.63) is 70.5 Å². The van der Waals surface area contributed by atoms with E-state index >= 15 is 0 Å². The molecule has 2 unspecified atom stereocenters. The Morgan fingerprint density at radius 1 is 1.19 bits per heavy atom. The number of fused-ring (bicyclic) bond motifs is 1. The third kappa shape index (κ3) is 2.85. The maximum absolute atomic E-state index is 13.6. The lowest BCUT2D eigenvalue weighted by Gasteiger charge is -2.32. The number of benzene rings is 2. The van der Waals surface area contributed by atoms with Crippen molar-refractivity contribution >= 4 is 0 Å². The number of rotatable bonds is 3. The van der Waals surface area contributed by atoms with Crippen molar-refractivity contribution in [2.24, 2.45) is 11.8 Å². The van der Waals surface area contributed by atoms with Crippen LogP contribution < -0.4 is 11.3 Å². The van der Waals surface area contributed by atoms with E-state index in [1.807, 2.05) is 13.0 Å². The fraction of sp³-hybridized carbons (Fsp3) is 0.333. The van der Waals surface area contributed by atoms with E-state index in [-0.39, 0.29) is 11.9 Å². The second kappa shape index (κ2) is 5.96. The van der Waals surface area contributed by atoms with Gasteiger partial charge in [0.25, 0.3) is 0 Å². The summed E-state index contributed by atoms with van der Waals surface area (Å²) in [5, 5.41) is 0. The minimum atomic E-state index is -0.202. The number of hydrazine groups is 1. The fourth-order valence-corrected chi connectivity index (χ4v) is 3.44. The van der Waals surface area contributed by atoms with E-state index in [0.29, 0.717) is 5.92 Å². The quantitative estimate of drug-likeness (QED) is 0.669. The van der Waals surface area contributed by atoms with Crippen molar-refractivity contribution in [3.63, 3.8) is 0 Å². The van der Waals surface area contributed by atoms with Gasteiger partial charge in [-0.2, -0.15) is 0 Å². The number of hydrogen-bond donors (Lipinski definition) is 2. The number of nitrogens with one attached hydrogen (secondary N) is 1. The highest BCUT2D eigenvalue weighted by Gasteiger charge is 2.27. The molecule has 0 spiro atoms. The van der Waals surface area contributed by atoms with Crippen LogP contribution in [0.4, 0.5) is 4.39 Å². The standard InChI is InChI=1S/C18H21FN2/c1-12-6-9-16(19)11-17(12)18(21-20)15-8-7-13-4-2-3-5-14(13)10-15/h2-6,9,11,15,18,21H,7-8,10,20H2,1H3. The molecule has 3 N–H and O–H groups in total. The lowest BCUT2D eigenvalue weighted by atomic mass is 9.77. The maximum atomic E-state index is 13.6. The Kier molecular flexibility index (Phi) is 4.04. The van der Waals surface area contributed by atoms with Gasteiger partial charge in [-0.25, -0.2) is 4.39 Å². The molecule has 1 aliphatic carbocycles. The van der Waals surface area contributed by atoms with E-state index in [0.717, 1.165) is 30.4 Å². The molecular weight excluding hydrogens is 263 g/mol. The van der Waals surface area contributed by atoms with Crippen LogP contribution in [-0.4, -0.2) is 0 Å². The van der Waals surface area contributed by atoms with Crippen LogP contribution in [0.3, 0.4) is 0 Å². The monoisotopic (exact) mass is 284 g/mol. The Morgan fingerprint density at radius 2 is 1.95 bits per heavy atom. The summed E-state index contributed by atoms with van der Waals surface area (Å²) in [4.78, 5) is 0. The first kappa shape index (κ1) is 14.2. The van der Waals surface area contributed by atoms with Gasteiger partial charge in [0.15, 0.2) is 0 Å². The van der Waals surface area contributed by atoms with Crippen LogP contribution in [0.15, 0.2) is 42.5 Å². The van der Waals surface area contributed by atoms with Gasteiger partial charge in [-0.1, -0.05) is 30.3 Å². The second-order valence-electron chi connectivity index (χ2n) is 5.92. The molecule has 0 amide bonds.